The molecule has 0 saturated carbocycles. The fourth-order valence-electron chi connectivity index (χ4n) is 1.97. The van der Waals surface area contributed by atoms with Crippen LogP contribution in [0.1, 0.15) is 6.92 Å². The van der Waals surface area contributed by atoms with E-state index in [2.05, 4.69) is 5.10 Å². The van der Waals surface area contributed by atoms with Gasteiger partial charge >= 0.3 is 0 Å². The molecular weight excluding hydrogens is 234 g/mol. The Morgan fingerprint density at radius 2 is 2.22 bits per heavy atom. The molecule has 0 bridgehead atoms. The largest absolute Gasteiger partial charge is 0.330 e. The van der Waals surface area contributed by atoms with Crippen LogP contribution in [0.25, 0.3) is 0 Å². The van der Waals surface area contributed by atoms with Crippen molar-refractivity contribution in [3.05, 3.63) is 12.4 Å². The van der Waals surface area contributed by atoms with E-state index in [4.69, 9.17) is 5.73 Å². The zero-order valence-corrected chi connectivity index (χ0v) is 10.5. The Morgan fingerprint density at radius 1 is 1.50 bits per heavy atom. The second-order valence-corrected chi connectivity index (χ2v) is 4.47. The number of carbonyl (C=O) groups excluding carboxylic acids is 2. The molecule has 98 valence electrons. The summed E-state index contributed by atoms with van der Waals surface area (Å²) in [4.78, 5) is 26.8. The van der Waals surface area contributed by atoms with Gasteiger partial charge in [0.15, 0.2) is 0 Å². The number of carbonyl (C=O) groups is 2. The van der Waals surface area contributed by atoms with E-state index in [1.165, 1.54) is 4.90 Å². The van der Waals surface area contributed by atoms with Crippen LogP contribution in [-0.4, -0.2) is 52.2 Å². The summed E-state index contributed by atoms with van der Waals surface area (Å²) in [6.45, 7) is 2.68. The smallest absolute Gasteiger partial charge is 0.246 e. The van der Waals surface area contributed by atoms with Crippen LogP contribution in [0.5, 0.6) is 0 Å². The SMILES string of the molecule is C[C@H](N)C(=O)N1CCN(c2cnn(C)c2)C(=O)C1. The maximum atomic E-state index is 12.0. The second-order valence-electron chi connectivity index (χ2n) is 4.47. The molecule has 0 unspecified atom stereocenters. The van der Waals surface area contributed by atoms with Gasteiger partial charge in [-0.1, -0.05) is 0 Å². The highest BCUT2D eigenvalue weighted by molar-refractivity contribution is 5.98. The van der Waals surface area contributed by atoms with Gasteiger partial charge in [-0.2, -0.15) is 5.10 Å². The monoisotopic (exact) mass is 251 g/mol. The van der Waals surface area contributed by atoms with Crippen molar-refractivity contribution in [3.63, 3.8) is 0 Å². The van der Waals surface area contributed by atoms with Crippen LogP contribution in [0, 0.1) is 0 Å². The van der Waals surface area contributed by atoms with E-state index >= 15 is 0 Å². The van der Waals surface area contributed by atoms with Crippen molar-refractivity contribution in [2.24, 2.45) is 12.8 Å². The zero-order chi connectivity index (χ0) is 13.3. The molecular formula is C11H17N5O2. The van der Waals surface area contributed by atoms with Crippen molar-refractivity contribution in [3.8, 4) is 0 Å². The Hall–Kier alpha value is -1.89. The molecule has 1 aliphatic rings. The maximum Gasteiger partial charge on any atom is 0.246 e. The highest BCUT2D eigenvalue weighted by Gasteiger charge is 2.29. The number of aryl methyl sites for hydroxylation is 1. The molecule has 7 heteroatoms. The van der Waals surface area contributed by atoms with E-state index in [0.29, 0.717) is 13.1 Å². The predicted molar refractivity (Wildman–Crippen MR) is 65.8 cm³/mol. The molecule has 1 saturated heterocycles. The summed E-state index contributed by atoms with van der Waals surface area (Å²) in [6, 6.07) is -0.567. The molecule has 2 amide bonds. The van der Waals surface area contributed by atoms with E-state index in [0.717, 1.165) is 5.69 Å². The number of rotatable bonds is 2. The lowest BCUT2D eigenvalue weighted by Gasteiger charge is -2.34. The number of hydrogen-bond acceptors (Lipinski definition) is 4. The van der Waals surface area contributed by atoms with Crippen LogP contribution >= 0.6 is 0 Å². The summed E-state index contributed by atoms with van der Waals surface area (Å²) in [5.41, 5.74) is 6.29. The Bertz CT molecular complexity index is 468. The fraction of sp³-hybridized carbons (Fsp3) is 0.545. The van der Waals surface area contributed by atoms with Crippen LogP contribution in [-0.2, 0) is 16.6 Å². The number of hydrogen-bond donors (Lipinski definition) is 1. The summed E-state index contributed by atoms with van der Waals surface area (Å²) < 4.78 is 1.64. The quantitative estimate of drug-likeness (QED) is 0.726. The van der Waals surface area contributed by atoms with Crippen molar-refractivity contribution in [2.45, 2.75) is 13.0 Å². The number of amides is 2. The summed E-state index contributed by atoms with van der Waals surface area (Å²) in [6.07, 6.45) is 3.42. The minimum absolute atomic E-state index is 0.0786. The third-order valence-corrected chi connectivity index (χ3v) is 2.92. The number of piperazine rings is 1. The topological polar surface area (TPSA) is 84.5 Å². The van der Waals surface area contributed by atoms with Crippen molar-refractivity contribution >= 4 is 17.5 Å². The Kier molecular flexibility index (Phi) is 3.33. The van der Waals surface area contributed by atoms with Crippen LogP contribution in [0.4, 0.5) is 5.69 Å². The average Bonchev–Trinajstić information content (AvgIpc) is 2.74. The zero-order valence-electron chi connectivity index (χ0n) is 10.5. The molecule has 2 N–H and O–H groups in total. The summed E-state index contributed by atoms with van der Waals surface area (Å²) in [7, 11) is 1.80. The number of nitrogens with zero attached hydrogens (tertiary/aromatic N) is 4. The Balaban J connectivity index is 2.05. The van der Waals surface area contributed by atoms with Gasteiger partial charge in [0.1, 0.15) is 6.54 Å². The van der Waals surface area contributed by atoms with E-state index in [1.807, 2.05) is 0 Å². The predicted octanol–water partition coefficient (Wildman–Crippen LogP) is -1.06. The van der Waals surface area contributed by atoms with Gasteiger partial charge in [-0.15, -0.1) is 0 Å². The fourth-order valence-corrected chi connectivity index (χ4v) is 1.97. The first kappa shape index (κ1) is 12.6. The van der Waals surface area contributed by atoms with Crippen LogP contribution in [0.15, 0.2) is 12.4 Å². The van der Waals surface area contributed by atoms with Crippen LogP contribution < -0.4 is 10.6 Å². The normalized spacial score (nSPS) is 18.1. The van der Waals surface area contributed by atoms with Gasteiger partial charge in [-0.25, -0.2) is 0 Å². The number of aromatic nitrogens is 2. The van der Waals surface area contributed by atoms with Crippen LogP contribution in [0.2, 0.25) is 0 Å². The molecule has 2 heterocycles. The van der Waals surface area contributed by atoms with Crippen LogP contribution in [0.3, 0.4) is 0 Å². The number of nitrogens with two attached hydrogens (primary N) is 1. The minimum Gasteiger partial charge on any atom is -0.330 e. The molecule has 1 aromatic rings. The van der Waals surface area contributed by atoms with Gasteiger partial charge in [0.2, 0.25) is 11.8 Å². The van der Waals surface area contributed by atoms with E-state index in [-0.39, 0.29) is 18.4 Å². The molecule has 1 aliphatic heterocycles. The molecule has 0 aliphatic carbocycles. The first-order valence-corrected chi connectivity index (χ1v) is 5.82. The maximum absolute atomic E-state index is 12.0. The minimum atomic E-state index is -0.567. The molecule has 0 radical (unpaired) electrons. The molecule has 1 atom stereocenters. The van der Waals surface area contributed by atoms with Crippen molar-refractivity contribution in [1.82, 2.24) is 14.7 Å². The van der Waals surface area contributed by atoms with E-state index in [9.17, 15) is 9.59 Å². The average molecular weight is 251 g/mol. The first-order chi connectivity index (χ1) is 8.49. The first-order valence-electron chi connectivity index (χ1n) is 5.82. The lowest BCUT2D eigenvalue weighted by atomic mass is 10.2. The molecule has 1 fully saturated rings. The van der Waals surface area contributed by atoms with Gasteiger partial charge in [0, 0.05) is 26.3 Å². The lowest BCUT2D eigenvalue weighted by molar-refractivity contribution is -0.137. The molecule has 0 aromatic carbocycles. The summed E-state index contributed by atoms with van der Waals surface area (Å²) in [5.74, 6) is -0.294. The molecule has 18 heavy (non-hydrogen) atoms. The van der Waals surface area contributed by atoms with Gasteiger partial charge in [0.25, 0.3) is 0 Å². The summed E-state index contributed by atoms with van der Waals surface area (Å²) in [5, 5.41) is 4.03. The van der Waals surface area contributed by atoms with Crippen molar-refractivity contribution in [1.29, 1.82) is 0 Å². The third kappa shape index (κ3) is 2.35. The van der Waals surface area contributed by atoms with E-state index < -0.39 is 6.04 Å². The molecule has 0 spiro atoms. The standard InChI is InChI=1S/C11H17N5O2/c1-8(12)11(18)15-3-4-16(10(17)7-15)9-5-13-14(2)6-9/h5-6,8H,3-4,7,12H2,1-2H3/t8-/m0/s1. The summed E-state index contributed by atoms with van der Waals surface area (Å²) >= 11 is 0. The lowest BCUT2D eigenvalue weighted by Crippen LogP contribution is -2.55. The van der Waals surface area contributed by atoms with E-state index in [1.54, 1.807) is 35.9 Å². The molecule has 1 aromatic heterocycles. The van der Waals surface area contributed by atoms with Crippen molar-refractivity contribution < 1.29 is 9.59 Å². The van der Waals surface area contributed by atoms with Gasteiger partial charge < -0.3 is 15.5 Å². The van der Waals surface area contributed by atoms with Gasteiger partial charge in [-0.05, 0) is 6.92 Å². The molecule has 7 nitrogen and oxygen atoms in total. The second kappa shape index (κ2) is 4.77. The Morgan fingerprint density at radius 3 is 2.72 bits per heavy atom. The Labute approximate surface area is 105 Å². The van der Waals surface area contributed by atoms with Gasteiger partial charge in [0.05, 0.1) is 17.9 Å². The number of anilines is 1. The third-order valence-electron chi connectivity index (χ3n) is 2.92. The molecule has 2 rings (SSSR count). The highest BCUT2D eigenvalue weighted by atomic mass is 16.2. The van der Waals surface area contributed by atoms with Crippen molar-refractivity contribution in [2.75, 3.05) is 24.5 Å². The highest BCUT2D eigenvalue weighted by Crippen LogP contribution is 2.16. The van der Waals surface area contributed by atoms with Gasteiger partial charge in [-0.3, -0.25) is 14.3 Å².